The van der Waals surface area contributed by atoms with Gasteiger partial charge in [0.2, 0.25) is 0 Å². The van der Waals surface area contributed by atoms with Gasteiger partial charge < -0.3 is 35.2 Å². The predicted octanol–water partition coefficient (Wildman–Crippen LogP) is 6.17. The monoisotopic (exact) mass is 651 g/mol. The maximum absolute atomic E-state index is 12.2. The molecule has 4 aliphatic heterocycles. The minimum atomic E-state index is -0.256. The quantitative estimate of drug-likeness (QED) is 0.150. The normalized spacial score (nSPS) is 20.2. The van der Waals surface area contributed by atoms with Crippen LogP contribution in [-0.2, 0) is 19.5 Å². The number of nitrogens with zero attached hydrogens (tertiary/aromatic N) is 7. The van der Waals surface area contributed by atoms with E-state index in [-0.39, 0.29) is 39.5 Å². The van der Waals surface area contributed by atoms with Crippen LogP contribution in [0.5, 0.6) is 0 Å². The molecule has 2 N–H and O–H groups in total. The van der Waals surface area contributed by atoms with Gasteiger partial charge in [0.05, 0.1) is 34.0 Å². The third-order valence-corrected chi connectivity index (χ3v) is 9.63. The summed E-state index contributed by atoms with van der Waals surface area (Å²) in [6.07, 6.45) is 0. The van der Waals surface area contributed by atoms with Gasteiger partial charge in [-0.15, -0.1) is 0 Å². The number of aromatic nitrogens is 3. The van der Waals surface area contributed by atoms with Crippen LogP contribution >= 0.6 is 8.58 Å². The van der Waals surface area contributed by atoms with Crippen LogP contribution in [-0.4, -0.2) is 38.8 Å². The van der Waals surface area contributed by atoms with Crippen molar-refractivity contribution in [3.63, 3.8) is 0 Å². The number of nitrogens with one attached hydrogen (secondary N) is 2. The standard InChI is InChI=1S/C33H19N9OP.Zn/c43-33-34-23-13-21-22(14-24(23)35-33)32-42-30(21)40-28-18-10-4-2-8-16(18)26(38-28)36-25-15-7-1-3-9-17(15)27(37-25)39-29-19-11-5-6-12-20(19)31(41-29)44-32;/h1-14,32,44H,(H3-,34,35,36,37,38,39,40,41,42,43);/q-1;+2/p-1. The Bertz CT molecular complexity index is 2500. The summed E-state index contributed by atoms with van der Waals surface area (Å²) in [4.78, 5) is 47.9. The van der Waals surface area contributed by atoms with E-state index in [4.69, 9.17) is 35.3 Å². The zero-order chi connectivity index (χ0) is 28.9. The molecule has 12 heteroatoms. The number of hydrogen-bond donors (Lipinski definition) is 2. The fourth-order valence-corrected chi connectivity index (χ4v) is 7.63. The van der Waals surface area contributed by atoms with E-state index in [0.29, 0.717) is 40.5 Å². The van der Waals surface area contributed by atoms with Crippen LogP contribution < -0.4 is 10.7 Å². The van der Waals surface area contributed by atoms with Gasteiger partial charge in [0.15, 0.2) is 0 Å². The number of amidine groups is 4. The van der Waals surface area contributed by atoms with Crippen LogP contribution in [0.2, 0.25) is 0 Å². The third kappa shape index (κ3) is 3.94. The van der Waals surface area contributed by atoms with Gasteiger partial charge in [-0.25, -0.2) is 14.8 Å². The maximum atomic E-state index is 12.2. The predicted molar refractivity (Wildman–Crippen MR) is 175 cm³/mol. The third-order valence-electron chi connectivity index (χ3n) is 8.26. The molecule has 8 bridgehead atoms. The number of aromatic amines is 2. The molecule has 0 saturated carbocycles. The largest absolute Gasteiger partial charge is 2.00 e. The first-order chi connectivity index (χ1) is 21.7. The average Bonchev–Trinajstić information content (AvgIpc) is 3.83. The molecule has 2 atom stereocenters. The van der Waals surface area contributed by atoms with Crippen molar-refractivity contribution in [1.29, 1.82) is 0 Å². The first-order valence-electron chi connectivity index (χ1n) is 14.1. The second-order valence-electron chi connectivity index (χ2n) is 10.8. The summed E-state index contributed by atoms with van der Waals surface area (Å²) >= 11 is 0. The van der Waals surface area contributed by atoms with E-state index in [0.717, 1.165) is 55.1 Å². The van der Waals surface area contributed by atoms with Crippen molar-refractivity contribution < 1.29 is 19.5 Å². The van der Waals surface area contributed by atoms with E-state index in [1.54, 1.807) is 0 Å². The van der Waals surface area contributed by atoms with Crippen LogP contribution in [0.1, 0.15) is 39.2 Å². The number of rotatable bonds is 0. The summed E-state index contributed by atoms with van der Waals surface area (Å²) < 4.78 is 0. The summed E-state index contributed by atoms with van der Waals surface area (Å²) in [5.74, 6) is 3.09. The molecule has 0 amide bonds. The fourth-order valence-electron chi connectivity index (χ4n) is 6.24. The van der Waals surface area contributed by atoms with E-state index in [2.05, 4.69) is 16.0 Å². The van der Waals surface area contributed by atoms with Crippen molar-refractivity contribution in [2.24, 2.45) is 25.0 Å². The number of hydrogen-bond acceptors (Lipinski definition) is 6. The van der Waals surface area contributed by atoms with Crippen LogP contribution in [0.4, 0.5) is 11.6 Å². The summed E-state index contributed by atoms with van der Waals surface area (Å²) in [5.41, 5.74) is 7.64. The summed E-state index contributed by atoms with van der Waals surface area (Å²) in [5, 5.41) is 6.94. The molecule has 208 valence electrons. The zero-order valence-electron chi connectivity index (χ0n) is 23.4. The van der Waals surface area contributed by atoms with Crippen molar-refractivity contribution in [3.05, 3.63) is 134 Å². The molecule has 0 spiro atoms. The van der Waals surface area contributed by atoms with Gasteiger partial charge in [0.1, 0.15) is 0 Å². The molecule has 0 radical (unpaired) electrons. The van der Waals surface area contributed by atoms with Crippen LogP contribution in [0.25, 0.3) is 27.1 Å². The molecule has 45 heavy (non-hydrogen) atoms. The number of H-pyrrole nitrogens is 2. The molecule has 2 unspecified atom stereocenters. The SMILES string of the molecule is O=c1[nH]c2cc3c(cc2[nH]1)C1[N-]C3=NC2=N/C(=N\c3[n-]c(c4ccccc34)/N=C3\N=C(P1)c1ccccc13)c1ccccc12.[Zn+2]. The Morgan fingerprint density at radius 1 is 0.622 bits per heavy atom. The van der Waals surface area contributed by atoms with Crippen molar-refractivity contribution in [2.75, 3.05) is 0 Å². The van der Waals surface area contributed by atoms with Crippen molar-refractivity contribution in [2.45, 2.75) is 5.78 Å². The topological polar surface area (TPSA) is 139 Å². The Hall–Kier alpha value is -5.11. The van der Waals surface area contributed by atoms with Gasteiger partial charge in [0.25, 0.3) is 0 Å². The molecule has 0 saturated heterocycles. The molecule has 6 heterocycles. The number of benzene rings is 4. The first-order valence-corrected chi connectivity index (χ1v) is 15.2. The molecular weight excluding hydrogens is 635 g/mol. The van der Waals surface area contributed by atoms with E-state index < -0.39 is 0 Å². The molecular formula is C33H18N9OPZn. The second-order valence-corrected chi connectivity index (χ2v) is 12.1. The Balaban J connectivity index is 0.00000281. The van der Waals surface area contributed by atoms with E-state index in [1.807, 2.05) is 78.9 Å². The molecule has 0 fully saturated rings. The molecule has 10 nitrogen and oxygen atoms in total. The molecule has 6 aromatic rings. The van der Waals surface area contributed by atoms with Gasteiger partial charge in [-0.3, -0.25) is 0 Å². The Kier molecular flexibility index (Phi) is 5.67. The molecule has 2 aromatic heterocycles. The van der Waals surface area contributed by atoms with Gasteiger partial charge in [-0.2, -0.15) is 0 Å². The van der Waals surface area contributed by atoms with Crippen LogP contribution in [0.3, 0.4) is 0 Å². The number of fused-ring (bicyclic) bond motifs is 19. The Morgan fingerprint density at radius 2 is 1.18 bits per heavy atom. The first kappa shape index (κ1) is 26.3. The van der Waals surface area contributed by atoms with Crippen LogP contribution in [0.15, 0.2) is 115 Å². The van der Waals surface area contributed by atoms with E-state index >= 15 is 0 Å². The molecule has 0 aliphatic carbocycles. The van der Waals surface area contributed by atoms with Crippen LogP contribution in [0, 0.1) is 0 Å². The van der Waals surface area contributed by atoms with Gasteiger partial charge in [-0.05, 0) is 34.0 Å². The summed E-state index contributed by atoms with van der Waals surface area (Å²) in [7, 11) is 0.192. The van der Waals surface area contributed by atoms with Gasteiger partial charge in [0, 0.05) is 39.7 Å². The summed E-state index contributed by atoms with van der Waals surface area (Å²) in [6.45, 7) is 0. The maximum Gasteiger partial charge on any atom is 2.00 e. The van der Waals surface area contributed by atoms with Crippen molar-refractivity contribution in [3.8, 4) is 0 Å². The Morgan fingerprint density at radius 3 is 1.87 bits per heavy atom. The van der Waals surface area contributed by atoms with E-state index in [1.165, 1.54) is 0 Å². The van der Waals surface area contributed by atoms with Gasteiger partial charge >= 0.3 is 25.2 Å². The molecule has 10 rings (SSSR count). The fraction of sp³-hybridized carbons (Fsp3) is 0.0303. The number of aliphatic imine (C=N–C) groups is 5. The molecule has 4 aliphatic rings. The zero-order valence-corrected chi connectivity index (χ0v) is 27.4. The molecule has 4 aromatic carbocycles. The minimum Gasteiger partial charge on any atom is -0.453 e. The van der Waals surface area contributed by atoms with Crippen molar-refractivity contribution in [1.82, 2.24) is 15.0 Å². The van der Waals surface area contributed by atoms with Crippen molar-refractivity contribution >= 4 is 70.8 Å². The number of imidazole rings is 1. The summed E-state index contributed by atoms with van der Waals surface area (Å²) in [6, 6.07) is 28.0. The average molecular weight is 653 g/mol. The minimum absolute atomic E-state index is 0. The van der Waals surface area contributed by atoms with Gasteiger partial charge in [-0.1, -0.05) is 87.2 Å². The Labute approximate surface area is 269 Å². The smallest absolute Gasteiger partial charge is 0.453 e. The van der Waals surface area contributed by atoms with E-state index in [9.17, 15) is 4.79 Å². The second kappa shape index (κ2) is 9.70.